The predicted molar refractivity (Wildman–Crippen MR) is 61.5 cm³/mol. The molecule has 88 valence electrons. The highest BCUT2D eigenvalue weighted by Crippen LogP contribution is 2.35. The monoisotopic (exact) mass is 212 g/mol. The fraction of sp³-hybridized carbons (Fsp3) is 1.00. The van der Waals surface area contributed by atoms with Crippen molar-refractivity contribution >= 4 is 0 Å². The van der Waals surface area contributed by atoms with Crippen LogP contribution in [0.25, 0.3) is 0 Å². The number of hydrogen-bond donors (Lipinski definition) is 2. The minimum absolute atomic E-state index is 0.200. The quantitative estimate of drug-likeness (QED) is 0.709. The Morgan fingerprint density at radius 2 is 2.13 bits per heavy atom. The summed E-state index contributed by atoms with van der Waals surface area (Å²) >= 11 is 0. The first kappa shape index (κ1) is 11.4. The van der Waals surface area contributed by atoms with Crippen LogP contribution in [-0.4, -0.2) is 41.8 Å². The van der Waals surface area contributed by atoms with Gasteiger partial charge in [0.1, 0.15) is 0 Å². The van der Waals surface area contributed by atoms with Gasteiger partial charge >= 0.3 is 0 Å². The van der Waals surface area contributed by atoms with Crippen molar-refractivity contribution in [1.82, 2.24) is 4.90 Å². The zero-order chi connectivity index (χ0) is 10.8. The third kappa shape index (κ3) is 2.52. The average molecular weight is 212 g/mol. The van der Waals surface area contributed by atoms with Crippen LogP contribution in [-0.2, 0) is 0 Å². The summed E-state index contributed by atoms with van der Waals surface area (Å²) in [4.78, 5) is 2.41. The molecule has 15 heavy (non-hydrogen) atoms. The molecule has 1 aliphatic carbocycles. The van der Waals surface area contributed by atoms with Crippen molar-refractivity contribution in [3.8, 4) is 0 Å². The Bertz CT molecular complexity index is 206. The molecule has 3 unspecified atom stereocenters. The van der Waals surface area contributed by atoms with Crippen LogP contribution in [0.2, 0.25) is 0 Å². The molecule has 3 nitrogen and oxygen atoms in total. The molecular formula is C12H24N2O. The number of rotatable bonds is 5. The Hall–Kier alpha value is -0.120. The van der Waals surface area contributed by atoms with E-state index in [-0.39, 0.29) is 18.7 Å². The predicted octanol–water partition coefficient (Wildman–Crippen LogP) is 0.816. The van der Waals surface area contributed by atoms with Crippen molar-refractivity contribution in [2.45, 2.75) is 44.7 Å². The van der Waals surface area contributed by atoms with E-state index < -0.39 is 0 Å². The van der Waals surface area contributed by atoms with Gasteiger partial charge < -0.3 is 10.8 Å². The van der Waals surface area contributed by atoms with E-state index in [1.807, 2.05) is 0 Å². The highest BCUT2D eigenvalue weighted by molar-refractivity contribution is 4.95. The highest BCUT2D eigenvalue weighted by atomic mass is 16.3. The minimum Gasteiger partial charge on any atom is -0.395 e. The summed E-state index contributed by atoms with van der Waals surface area (Å²) < 4.78 is 0. The van der Waals surface area contributed by atoms with Gasteiger partial charge in [0, 0.05) is 18.6 Å². The zero-order valence-corrected chi connectivity index (χ0v) is 9.73. The second-order valence-electron chi connectivity index (χ2n) is 5.22. The number of nitrogens with zero attached hydrogens (tertiary/aromatic N) is 1. The molecule has 3 atom stereocenters. The van der Waals surface area contributed by atoms with Crippen LogP contribution in [0.5, 0.6) is 0 Å². The molecule has 1 heterocycles. The van der Waals surface area contributed by atoms with Crippen molar-refractivity contribution in [2.75, 3.05) is 19.7 Å². The Labute approximate surface area is 92.6 Å². The van der Waals surface area contributed by atoms with E-state index in [0.717, 1.165) is 19.0 Å². The molecule has 2 aliphatic rings. The number of aliphatic hydroxyl groups excluding tert-OH is 1. The van der Waals surface area contributed by atoms with Crippen LogP contribution >= 0.6 is 0 Å². The summed E-state index contributed by atoms with van der Waals surface area (Å²) in [6, 6.07) is 0.416. The highest BCUT2D eigenvalue weighted by Gasteiger charge is 2.38. The standard InChI is InChI=1S/C12H24N2O/c1-2-9-5-6-14(7-9)11(8-15)12(13)10-3-4-10/h9-12,15H,2-8,13H2,1H3. The lowest BCUT2D eigenvalue weighted by Gasteiger charge is -2.31. The Morgan fingerprint density at radius 1 is 1.40 bits per heavy atom. The van der Waals surface area contributed by atoms with Crippen molar-refractivity contribution in [3.05, 3.63) is 0 Å². The largest absolute Gasteiger partial charge is 0.395 e. The summed E-state index contributed by atoms with van der Waals surface area (Å²) in [5.41, 5.74) is 6.20. The van der Waals surface area contributed by atoms with Crippen LogP contribution in [0, 0.1) is 11.8 Å². The smallest absolute Gasteiger partial charge is 0.0602 e. The molecule has 0 bridgehead atoms. The van der Waals surface area contributed by atoms with E-state index in [4.69, 9.17) is 5.73 Å². The average Bonchev–Trinajstić information content (AvgIpc) is 3.00. The van der Waals surface area contributed by atoms with Crippen LogP contribution in [0.15, 0.2) is 0 Å². The van der Waals surface area contributed by atoms with Gasteiger partial charge in [0.05, 0.1) is 6.61 Å². The molecule has 0 radical (unpaired) electrons. The fourth-order valence-electron chi connectivity index (χ4n) is 2.77. The third-order valence-corrected chi connectivity index (χ3v) is 4.16. The van der Waals surface area contributed by atoms with Gasteiger partial charge in [-0.3, -0.25) is 4.90 Å². The molecule has 3 heteroatoms. The van der Waals surface area contributed by atoms with Gasteiger partial charge in [0.2, 0.25) is 0 Å². The Balaban J connectivity index is 1.88. The van der Waals surface area contributed by atoms with E-state index in [1.165, 1.54) is 25.7 Å². The van der Waals surface area contributed by atoms with Crippen molar-refractivity contribution < 1.29 is 5.11 Å². The van der Waals surface area contributed by atoms with E-state index >= 15 is 0 Å². The lowest BCUT2D eigenvalue weighted by Crippen LogP contribution is -2.50. The normalized spacial score (nSPS) is 31.8. The van der Waals surface area contributed by atoms with Gasteiger partial charge in [-0.05, 0) is 37.6 Å². The molecule has 0 aromatic heterocycles. The van der Waals surface area contributed by atoms with Crippen LogP contribution in [0.1, 0.15) is 32.6 Å². The molecule has 0 spiro atoms. The molecule has 0 aromatic rings. The maximum atomic E-state index is 9.47. The molecule has 1 saturated carbocycles. The van der Waals surface area contributed by atoms with E-state index in [2.05, 4.69) is 11.8 Å². The van der Waals surface area contributed by atoms with Crippen molar-refractivity contribution in [2.24, 2.45) is 17.6 Å². The first-order valence-electron chi connectivity index (χ1n) is 6.36. The summed E-state index contributed by atoms with van der Waals surface area (Å²) in [6.45, 7) is 4.75. The Morgan fingerprint density at radius 3 is 2.60 bits per heavy atom. The molecule has 1 aliphatic heterocycles. The van der Waals surface area contributed by atoms with Gasteiger partial charge in [-0.25, -0.2) is 0 Å². The summed E-state index contributed by atoms with van der Waals surface area (Å²) in [5, 5.41) is 9.47. The van der Waals surface area contributed by atoms with Crippen LogP contribution < -0.4 is 5.73 Å². The van der Waals surface area contributed by atoms with Crippen molar-refractivity contribution in [3.63, 3.8) is 0 Å². The van der Waals surface area contributed by atoms with Gasteiger partial charge in [-0.2, -0.15) is 0 Å². The number of nitrogens with two attached hydrogens (primary N) is 1. The number of aliphatic hydroxyl groups is 1. The van der Waals surface area contributed by atoms with Gasteiger partial charge in [-0.1, -0.05) is 13.3 Å². The second-order valence-corrected chi connectivity index (χ2v) is 5.22. The Kier molecular flexibility index (Phi) is 3.65. The first-order valence-corrected chi connectivity index (χ1v) is 6.36. The topological polar surface area (TPSA) is 49.5 Å². The minimum atomic E-state index is 0.200. The molecule has 1 saturated heterocycles. The maximum Gasteiger partial charge on any atom is 0.0602 e. The lowest BCUT2D eigenvalue weighted by atomic mass is 10.0. The molecule has 2 rings (SSSR count). The van der Waals surface area contributed by atoms with Gasteiger partial charge in [0.25, 0.3) is 0 Å². The summed E-state index contributed by atoms with van der Waals surface area (Å²) in [5.74, 6) is 1.51. The van der Waals surface area contributed by atoms with Crippen LogP contribution in [0.3, 0.4) is 0 Å². The van der Waals surface area contributed by atoms with Gasteiger partial charge in [0.15, 0.2) is 0 Å². The lowest BCUT2D eigenvalue weighted by molar-refractivity contribution is 0.115. The second kappa shape index (κ2) is 4.81. The van der Waals surface area contributed by atoms with E-state index in [9.17, 15) is 5.11 Å². The number of hydrogen-bond acceptors (Lipinski definition) is 3. The SMILES string of the molecule is CCC1CCN(C(CO)C(N)C2CC2)C1. The molecule has 0 aromatic carbocycles. The maximum absolute atomic E-state index is 9.47. The van der Waals surface area contributed by atoms with Crippen molar-refractivity contribution in [1.29, 1.82) is 0 Å². The van der Waals surface area contributed by atoms with E-state index in [1.54, 1.807) is 0 Å². The molecular weight excluding hydrogens is 188 g/mol. The van der Waals surface area contributed by atoms with E-state index in [0.29, 0.717) is 5.92 Å². The summed E-state index contributed by atoms with van der Waals surface area (Å²) in [6.07, 6.45) is 5.07. The zero-order valence-electron chi connectivity index (χ0n) is 9.73. The third-order valence-electron chi connectivity index (χ3n) is 4.16. The van der Waals surface area contributed by atoms with Gasteiger partial charge in [-0.15, -0.1) is 0 Å². The number of likely N-dealkylation sites (tertiary alicyclic amines) is 1. The van der Waals surface area contributed by atoms with Crippen LogP contribution in [0.4, 0.5) is 0 Å². The summed E-state index contributed by atoms with van der Waals surface area (Å²) in [7, 11) is 0. The molecule has 3 N–H and O–H groups in total. The fourth-order valence-corrected chi connectivity index (χ4v) is 2.77. The molecule has 0 amide bonds. The first-order chi connectivity index (χ1) is 7.26. The molecule has 2 fully saturated rings.